The first-order valence-electron chi connectivity index (χ1n) is 11.4. The average Bonchev–Trinajstić information content (AvgIpc) is 2.81. The lowest BCUT2D eigenvalue weighted by Gasteiger charge is -2.32. The van der Waals surface area contributed by atoms with E-state index in [4.69, 9.17) is 4.74 Å². The Hall–Kier alpha value is -3.07. The third-order valence-electron chi connectivity index (χ3n) is 5.48. The van der Waals surface area contributed by atoms with Crippen molar-refractivity contribution < 1.29 is 22.7 Å². The summed E-state index contributed by atoms with van der Waals surface area (Å²) in [7, 11) is -3.77. The molecule has 0 spiro atoms. The number of ether oxygens (including phenoxy) is 1. The maximum absolute atomic E-state index is 13.5. The van der Waals surface area contributed by atoms with Gasteiger partial charge in [0.1, 0.15) is 18.3 Å². The van der Waals surface area contributed by atoms with E-state index in [0.717, 1.165) is 22.5 Å². The molecule has 0 bridgehead atoms. The molecule has 0 aliphatic carbocycles. The quantitative estimate of drug-likeness (QED) is 0.494. The van der Waals surface area contributed by atoms with E-state index in [1.807, 2.05) is 51.1 Å². The van der Waals surface area contributed by atoms with Gasteiger partial charge in [-0.05, 0) is 57.0 Å². The summed E-state index contributed by atoms with van der Waals surface area (Å²) in [5, 5.41) is 2.91. The number of carbonyl (C=O) groups is 2. The van der Waals surface area contributed by atoms with E-state index in [0.29, 0.717) is 18.0 Å². The van der Waals surface area contributed by atoms with Crippen molar-refractivity contribution >= 4 is 27.5 Å². The molecule has 0 aliphatic heterocycles. The number of carbonyl (C=O) groups excluding carboxylic acids is 2. The van der Waals surface area contributed by atoms with Crippen molar-refractivity contribution in [1.82, 2.24) is 10.2 Å². The van der Waals surface area contributed by atoms with Crippen LogP contribution >= 0.6 is 0 Å². The van der Waals surface area contributed by atoms with Crippen LogP contribution in [0, 0.1) is 0 Å². The van der Waals surface area contributed by atoms with Crippen LogP contribution in [-0.2, 0) is 26.2 Å². The minimum absolute atomic E-state index is 0.0417. The number of nitrogens with zero attached hydrogens (tertiary/aromatic N) is 2. The van der Waals surface area contributed by atoms with Gasteiger partial charge >= 0.3 is 0 Å². The summed E-state index contributed by atoms with van der Waals surface area (Å²) >= 11 is 0. The molecule has 34 heavy (non-hydrogen) atoms. The first-order valence-corrected chi connectivity index (χ1v) is 13.3. The fraction of sp³-hybridized carbons (Fsp3) is 0.440. The zero-order valence-electron chi connectivity index (χ0n) is 20.5. The number of nitrogens with one attached hydrogen (secondary N) is 1. The highest BCUT2D eigenvalue weighted by molar-refractivity contribution is 7.92. The van der Waals surface area contributed by atoms with Crippen LogP contribution in [0.25, 0.3) is 0 Å². The maximum atomic E-state index is 13.5. The van der Waals surface area contributed by atoms with Gasteiger partial charge in [-0.1, -0.05) is 37.3 Å². The van der Waals surface area contributed by atoms with Gasteiger partial charge in [0.2, 0.25) is 21.8 Å². The van der Waals surface area contributed by atoms with Crippen LogP contribution in [0.1, 0.15) is 39.7 Å². The van der Waals surface area contributed by atoms with Gasteiger partial charge in [0.25, 0.3) is 0 Å². The Kier molecular flexibility index (Phi) is 9.92. The third-order valence-corrected chi connectivity index (χ3v) is 6.62. The zero-order chi connectivity index (χ0) is 25.3. The van der Waals surface area contributed by atoms with Crippen LogP contribution in [0.15, 0.2) is 54.6 Å². The molecule has 0 aliphatic rings. The standard InChI is InChI=1S/C25H35N3O5S/c1-6-19(3)26-25(30)20(4)27(17-21-11-9-8-10-12-21)24(29)18-28(34(5,31)32)22-13-15-23(16-14-22)33-7-2/h8-16,19-20H,6-7,17-18H2,1-5H3,(H,26,30). The lowest BCUT2D eigenvalue weighted by atomic mass is 10.1. The minimum atomic E-state index is -3.77. The first kappa shape index (κ1) is 27.2. The summed E-state index contributed by atoms with van der Waals surface area (Å²) < 4.78 is 31.7. The van der Waals surface area contributed by atoms with Crippen molar-refractivity contribution in [2.24, 2.45) is 0 Å². The highest BCUT2D eigenvalue weighted by Gasteiger charge is 2.30. The second kappa shape index (κ2) is 12.4. The predicted octanol–water partition coefficient (Wildman–Crippen LogP) is 3.18. The molecule has 2 rings (SSSR count). The molecule has 9 heteroatoms. The Balaban J connectivity index is 2.33. The molecule has 0 fully saturated rings. The van der Waals surface area contributed by atoms with Gasteiger partial charge in [-0.2, -0.15) is 0 Å². The Labute approximate surface area is 202 Å². The van der Waals surface area contributed by atoms with Crippen molar-refractivity contribution in [3.8, 4) is 5.75 Å². The summed E-state index contributed by atoms with van der Waals surface area (Å²) in [6, 6.07) is 15.0. The molecule has 0 radical (unpaired) electrons. The highest BCUT2D eigenvalue weighted by atomic mass is 32.2. The number of anilines is 1. The van der Waals surface area contributed by atoms with Crippen LogP contribution in [0.4, 0.5) is 5.69 Å². The van der Waals surface area contributed by atoms with Crippen molar-refractivity contribution in [1.29, 1.82) is 0 Å². The number of hydrogen-bond acceptors (Lipinski definition) is 5. The van der Waals surface area contributed by atoms with Crippen LogP contribution in [-0.4, -0.2) is 56.6 Å². The Morgan fingerprint density at radius 3 is 2.15 bits per heavy atom. The summed E-state index contributed by atoms with van der Waals surface area (Å²) in [5.41, 5.74) is 1.18. The average molecular weight is 490 g/mol. The van der Waals surface area contributed by atoms with E-state index < -0.39 is 28.5 Å². The molecule has 0 heterocycles. The number of sulfonamides is 1. The van der Waals surface area contributed by atoms with Gasteiger partial charge in [0, 0.05) is 12.6 Å². The van der Waals surface area contributed by atoms with Gasteiger partial charge in [-0.25, -0.2) is 8.42 Å². The monoisotopic (exact) mass is 489 g/mol. The fourth-order valence-corrected chi connectivity index (χ4v) is 4.17. The van der Waals surface area contributed by atoms with Crippen molar-refractivity contribution in [2.45, 2.75) is 52.7 Å². The first-order chi connectivity index (χ1) is 16.1. The second-order valence-corrected chi connectivity index (χ2v) is 10.1. The van der Waals surface area contributed by atoms with Crippen LogP contribution in [0.2, 0.25) is 0 Å². The molecular formula is C25H35N3O5S. The molecule has 2 atom stereocenters. The second-order valence-electron chi connectivity index (χ2n) is 8.20. The Morgan fingerprint density at radius 1 is 1.00 bits per heavy atom. The maximum Gasteiger partial charge on any atom is 0.244 e. The van der Waals surface area contributed by atoms with E-state index >= 15 is 0 Å². The third kappa shape index (κ3) is 7.76. The number of rotatable bonds is 12. The minimum Gasteiger partial charge on any atom is -0.494 e. The van der Waals surface area contributed by atoms with Crippen molar-refractivity contribution in [2.75, 3.05) is 23.7 Å². The molecule has 186 valence electrons. The summed E-state index contributed by atoms with van der Waals surface area (Å²) in [6.45, 7) is 7.60. The summed E-state index contributed by atoms with van der Waals surface area (Å²) in [5.74, 6) is -0.160. The fourth-order valence-electron chi connectivity index (χ4n) is 3.32. The lowest BCUT2D eigenvalue weighted by molar-refractivity contribution is -0.139. The van der Waals surface area contributed by atoms with Crippen molar-refractivity contribution in [3.63, 3.8) is 0 Å². The summed E-state index contributed by atoms with van der Waals surface area (Å²) in [4.78, 5) is 27.7. The van der Waals surface area contributed by atoms with E-state index in [9.17, 15) is 18.0 Å². The number of hydrogen-bond donors (Lipinski definition) is 1. The molecule has 2 aromatic rings. The van der Waals surface area contributed by atoms with Crippen LogP contribution in [0.5, 0.6) is 5.75 Å². The molecular weight excluding hydrogens is 454 g/mol. The number of benzene rings is 2. The van der Waals surface area contributed by atoms with Gasteiger partial charge in [-0.3, -0.25) is 13.9 Å². The largest absolute Gasteiger partial charge is 0.494 e. The van der Waals surface area contributed by atoms with E-state index in [2.05, 4.69) is 5.32 Å². The SMILES string of the molecule is CCOc1ccc(N(CC(=O)N(Cc2ccccc2)C(C)C(=O)NC(C)CC)S(C)(=O)=O)cc1. The van der Waals surface area contributed by atoms with Gasteiger partial charge in [0.15, 0.2) is 0 Å². The van der Waals surface area contributed by atoms with E-state index in [-0.39, 0.29) is 18.5 Å². The van der Waals surface area contributed by atoms with E-state index in [1.54, 1.807) is 31.2 Å². The van der Waals surface area contributed by atoms with Crippen LogP contribution < -0.4 is 14.4 Å². The topological polar surface area (TPSA) is 96.0 Å². The van der Waals surface area contributed by atoms with Gasteiger partial charge < -0.3 is 15.0 Å². The molecule has 2 amide bonds. The molecule has 0 saturated carbocycles. The predicted molar refractivity (Wildman–Crippen MR) is 134 cm³/mol. The van der Waals surface area contributed by atoms with E-state index in [1.165, 1.54) is 4.90 Å². The highest BCUT2D eigenvalue weighted by Crippen LogP contribution is 2.22. The molecule has 0 aromatic heterocycles. The van der Waals surface area contributed by atoms with Crippen LogP contribution in [0.3, 0.4) is 0 Å². The molecule has 2 unspecified atom stereocenters. The van der Waals surface area contributed by atoms with Gasteiger partial charge in [0.05, 0.1) is 18.6 Å². The molecule has 0 saturated heterocycles. The molecule has 1 N–H and O–H groups in total. The lowest BCUT2D eigenvalue weighted by Crippen LogP contribution is -2.52. The van der Waals surface area contributed by atoms with Crippen molar-refractivity contribution in [3.05, 3.63) is 60.2 Å². The molecule has 2 aromatic carbocycles. The molecule has 8 nitrogen and oxygen atoms in total. The number of amides is 2. The Bertz CT molecular complexity index is 1040. The summed E-state index contributed by atoms with van der Waals surface area (Å²) in [6.07, 6.45) is 1.81. The normalized spacial score (nSPS) is 13.0. The zero-order valence-corrected chi connectivity index (χ0v) is 21.3. The Morgan fingerprint density at radius 2 is 1.62 bits per heavy atom. The van der Waals surface area contributed by atoms with Gasteiger partial charge in [-0.15, -0.1) is 0 Å². The smallest absolute Gasteiger partial charge is 0.244 e.